The van der Waals surface area contributed by atoms with Gasteiger partial charge in [-0.3, -0.25) is 14.7 Å². The molecule has 2 heterocycles. The van der Waals surface area contributed by atoms with Crippen LogP contribution in [0.15, 0.2) is 60.8 Å². The molecule has 0 N–H and O–H groups in total. The number of aryl methyl sites for hydroxylation is 2. The van der Waals surface area contributed by atoms with E-state index in [0.717, 1.165) is 27.0 Å². The summed E-state index contributed by atoms with van der Waals surface area (Å²) < 4.78 is 6.50. The van der Waals surface area contributed by atoms with Gasteiger partial charge in [-0.15, -0.1) is 0 Å². The zero-order chi connectivity index (χ0) is 20.4. The van der Waals surface area contributed by atoms with Crippen molar-refractivity contribution in [2.75, 3.05) is 12.0 Å². The van der Waals surface area contributed by atoms with Crippen molar-refractivity contribution in [1.82, 2.24) is 9.97 Å². The molecule has 0 bridgehead atoms. The Balaban J connectivity index is 1.81. The van der Waals surface area contributed by atoms with Crippen LogP contribution in [0.5, 0.6) is 5.75 Å². The summed E-state index contributed by atoms with van der Waals surface area (Å²) in [6.45, 7) is 4.38. The normalized spacial score (nSPS) is 10.9. The van der Waals surface area contributed by atoms with Crippen molar-refractivity contribution in [2.24, 2.45) is 0 Å². The van der Waals surface area contributed by atoms with Crippen LogP contribution in [-0.4, -0.2) is 23.0 Å². The van der Waals surface area contributed by atoms with Gasteiger partial charge < -0.3 is 4.74 Å². The Morgan fingerprint density at radius 1 is 1.07 bits per heavy atom. The van der Waals surface area contributed by atoms with E-state index in [-0.39, 0.29) is 5.91 Å². The number of thiazole rings is 1. The molecule has 4 aromatic rings. The number of carbonyl (C=O) groups is 1. The van der Waals surface area contributed by atoms with Gasteiger partial charge in [0.1, 0.15) is 11.3 Å². The maximum Gasteiger partial charge on any atom is 0.260 e. The molecule has 0 saturated carbocycles. The number of carbonyl (C=O) groups excluding carboxylic acids is 1. The number of pyridine rings is 1. The first-order valence-electron chi connectivity index (χ1n) is 9.29. The van der Waals surface area contributed by atoms with Gasteiger partial charge in [0.05, 0.1) is 24.0 Å². The van der Waals surface area contributed by atoms with Crippen molar-refractivity contribution >= 4 is 32.6 Å². The van der Waals surface area contributed by atoms with Gasteiger partial charge >= 0.3 is 0 Å². The zero-order valence-electron chi connectivity index (χ0n) is 16.5. The Hall–Kier alpha value is -3.25. The standard InChI is InChI=1S/C23H21N3O2S/c1-15-7-10-17(11-8-15)22(27)26(14-18-6-4-5-13-24-18)23-25-20-19(28-3)12-9-16(2)21(20)29-23/h4-13H,14H2,1-3H3. The molecule has 0 fully saturated rings. The number of fused-ring (bicyclic) bond motifs is 1. The maximum atomic E-state index is 13.4. The van der Waals surface area contributed by atoms with E-state index in [2.05, 4.69) is 4.98 Å². The van der Waals surface area contributed by atoms with Crippen LogP contribution in [0.1, 0.15) is 27.2 Å². The van der Waals surface area contributed by atoms with E-state index in [4.69, 9.17) is 9.72 Å². The van der Waals surface area contributed by atoms with Crippen LogP contribution in [0, 0.1) is 13.8 Å². The first kappa shape index (κ1) is 19.1. The molecule has 0 spiro atoms. The molecule has 0 radical (unpaired) electrons. The summed E-state index contributed by atoms with van der Waals surface area (Å²) in [5, 5.41) is 0.629. The molecule has 5 nitrogen and oxygen atoms in total. The van der Waals surface area contributed by atoms with Gasteiger partial charge in [-0.05, 0) is 49.7 Å². The zero-order valence-corrected chi connectivity index (χ0v) is 17.4. The third-order valence-electron chi connectivity index (χ3n) is 4.73. The lowest BCUT2D eigenvalue weighted by molar-refractivity contribution is 0.0985. The molecule has 6 heteroatoms. The van der Waals surface area contributed by atoms with Crippen LogP contribution in [0.3, 0.4) is 0 Å². The van der Waals surface area contributed by atoms with Gasteiger partial charge in [-0.1, -0.05) is 41.2 Å². The Morgan fingerprint density at radius 3 is 2.55 bits per heavy atom. The molecule has 2 aromatic heterocycles. The van der Waals surface area contributed by atoms with Crippen LogP contribution < -0.4 is 9.64 Å². The molecular formula is C23H21N3O2S. The third kappa shape index (κ3) is 3.84. The summed E-state index contributed by atoms with van der Waals surface area (Å²) in [6.07, 6.45) is 1.73. The fraction of sp³-hybridized carbons (Fsp3) is 0.174. The van der Waals surface area contributed by atoms with Crippen LogP contribution in [0.4, 0.5) is 5.13 Å². The number of rotatable bonds is 5. The van der Waals surface area contributed by atoms with Crippen LogP contribution in [0.25, 0.3) is 10.2 Å². The molecular weight excluding hydrogens is 382 g/mol. The summed E-state index contributed by atoms with van der Waals surface area (Å²) in [4.78, 5) is 24.3. The topological polar surface area (TPSA) is 55.3 Å². The minimum absolute atomic E-state index is 0.105. The first-order chi connectivity index (χ1) is 14.1. The van der Waals surface area contributed by atoms with E-state index in [1.807, 2.05) is 68.4 Å². The smallest absolute Gasteiger partial charge is 0.260 e. The number of hydrogen-bond donors (Lipinski definition) is 0. The molecule has 0 aliphatic rings. The van der Waals surface area contributed by atoms with Crippen molar-refractivity contribution < 1.29 is 9.53 Å². The minimum Gasteiger partial charge on any atom is -0.494 e. The maximum absolute atomic E-state index is 13.4. The quantitative estimate of drug-likeness (QED) is 0.462. The van der Waals surface area contributed by atoms with Crippen LogP contribution >= 0.6 is 11.3 Å². The number of aromatic nitrogens is 2. The number of hydrogen-bond acceptors (Lipinski definition) is 5. The van der Waals surface area contributed by atoms with Crippen molar-refractivity contribution in [3.05, 3.63) is 83.2 Å². The third-order valence-corrected chi connectivity index (χ3v) is 5.95. The van der Waals surface area contributed by atoms with Crippen molar-refractivity contribution in [3.8, 4) is 5.75 Å². The Labute approximate surface area is 173 Å². The van der Waals surface area contributed by atoms with Crippen LogP contribution in [-0.2, 0) is 6.54 Å². The lowest BCUT2D eigenvalue weighted by Crippen LogP contribution is -2.30. The van der Waals surface area contributed by atoms with E-state index in [1.165, 1.54) is 11.3 Å². The van der Waals surface area contributed by atoms with Crippen molar-refractivity contribution in [3.63, 3.8) is 0 Å². The summed E-state index contributed by atoms with van der Waals surface area (Å²) in [5.41, 5.74) is 4.41. The second-order valence-electron chi connectivity index (χ2n) is 6.84. The second kappa shape index (κ2) is 8.01. The molecule has 0 aliphatic heterocycles. The van der Waals surface area contributed by atoms with E-state index >= 15 is 0 Å². The summed E-state index contributed by atoms with van der Waals surface area (Å²) in [5.74, 6) is 0.597. The summed E-state index contributed by atoms with van der Waals surface area (Å²) in [6, 6.07) is 17.2. The van der Waals surface area contributed by atoms with Crippen molar-refractivity contribution in [1.29, 1.82) is 0 Å². The first-order valence-corrected chi connectivity index (χ1v) is 10.1. The van der Waals surface area contributed by atoms with Gasteiger partial charge in [0.15, 0.2) is 5.13 Å². The molecule has 0 aliphatic carbocycles. The van der Waals surface area contributed by atoms with Gasteiger partial charge in [0.25, 0.3) is 5.91 Å². The fourth-order valence-corrected chi connectivity index (χ4v) is 4.16. The van der Waals surface area contributed by atoms with Crippen molar-refractivity contribution in [2.45, 2.75) is 20.4 Å². The Bertz CT molecular complexity index is 1150. The lowest BCUT2D eigenvalue weighted by atomic mass is 10.1. The lowest BCUT2D eigenvalue weighted by Gasteiger charge is -2.19. The van der Waals surface area contributed by atoms with Gasteiger partial charge in [0, 0.05) is 11.8 Å². The average Bonchev–Trinajstić information content (AvgIpc) is 3.19. The van der Waals surface area contributed by atoms with Gasteiger partial charge in [-0.25, -0.2) is 4.98 Å². The molecule has 0 atom stereocenters. The number of nitrogens with zero attached hydrogens (tertiary/aromatic N) is 3. The molecule has 146 valence electrons. The highest BCUT2D eigenvalue weighted by atomic mass is 32.1. The fourth-order valence-electron chi connectivity index (χ4n) is 3.11. The van der Waals surface area contributed by atoms with Crippen LogP contribution in [0.2, 0.25) is 0 Å². The number of anilines is 1. The molecule has 29 heavy (non-hydrogen) atoms. The van der Waals surface area contributed by atoms with Gasteiger partial charge in [0.2, 0.25) is 0 Å². The highest BCUT2D eigenvalue weighted by molar-refractivity contribution is 7.22. The highest BCUT2D eigenvalue weighted by Gasteiger charge is 2.23. The highest BCUT2D eigenvalue weighted by Crippen LogP contribution is 2.37. The van der Waals surface area contributed by atoms with E-state index in [9.17, 15) is 4.79 Å². The number of amides is 1. The summed E-state index contributed by atoms with van der Waals surface area (Å²) in [7, 11) is 1.63. The molecule has 1 amide bonds. The largest absolute Gasteiger partial charge is 0.494 e. The Kier molecular flexibility index (Phi) is 5.27. The minimum atomic E-state index is -0.105. The SMILES string of the molecule is COc1ccc(C)c2sc(N(Cc3ccccn3)C(=O)c3ccc(C)cc3)nc12. The number of ether oxygens (including phenoxy) is 1. The number of benzene rings is 2. The molecule has 2 aromatic carbocycles. The molecule has 4 rings (SSSR count). The average molecular weight is 404 g/mol. The van der Waals surface area contributed by atoms with Gasteiger partial charge in [-0.2, -0.15) is 0 Å². The molecule has 0 saturated heterocycles. The number of methoxy groups -OCH3 is 1. The predicted molar refractivity (Wildman–Crippen MR) is 117 cm³/mol. The van der Waals surface area contributed by atoms with E-state index in [0.29, 0.717) is 23.0 Å². The van der Waals surface area contributed by atoms with E-state index in [1.54, 1.807) is 18.2 Å². The summed E-state index contributed by atoms with van der Waals surface area (Å²) >= 11 is 1.49. The van der Waals surface area contributed by atoms with E-state index < -0.39 is 0 Å². The second-order valence-corrected chi connectivity index (χ2v) is 7.81. The molecule has 0 unspecified atom stereocenters. The monoisotopic (exact) mass is 403 g/mol. The predicted octanol–water partition coefficient (Wildman–Crippen LogP) is 5.16. The Morgan fingerprint density at radius 2 is 1.86 bits per heavy atom.